The van der Waals surface area contributed by atoms with Gasteiger partial charge in [-0.2, -0.15) is 0 Å². The van der Waals surface area contributed by atoms with Gasteiger partial charge < -0.3 is 15.0 Å². The number of hydrogen-bond donors (Lipinski definition) is 1. The second-order valence-electron chi connectivity index (χ2n) is 7.33. The molecule has 10 nitrogen and oxygen atoms in total. The molecule has 4 heterocycles. The fourth-order valence-electron chi connectivity index (χ4n) is 3.66. The molecule has 1 N–H and O–H groups in total. The van der Waals surface area contributed by atoms with Gasteiger partial charge in [0.2, 0.25) is 5.91 Å². The van der Waals surface area contributed by atoms with E-state index >= 15 is 0 Å². The fraction of sp³-hybridized carbons (Fsp3) is 0.333. The summed E-state index contributed by atoms with van der Waals surface area (Å²) >= 11 is 6.29. The lowest BCUT2D eigenvalue weighted by Crippen LogP contribution is -2.57. The lowest BCUT2D eigenvalue weighted by atomic mass is 10.1. The number of thioether (sulfide) groups is 1. The zero-order valence-electron chi connectivity index (χ0n) is 17.9. The number of carbonyl (C=O) groups is 3. The topological polar surface area (TPSA) is 113 Å². The van der Waals surface area contributed by atoms with Gasteiger partial charge in [-0.3, -0.25) is 28.5 Å². The molecule has 172 valence electrons. The van der Waals surface area contributed by atoms with E-state index in [9.17, 15) is 19.2 Å². The van der Waals surface area contributed by atoms with E-state index in [0.717, 1.165) is 11.8 Å². The van der Waals surface area contributed by atoms with E-state index in [-0.39, 0.29) is 41.1 Å². The van der Waals surface area contributed by atoms with Crippen LogP contribution in [0.4, 0.5) is 5.82 Å². The van der Waals surface area contributed by atoms with Crippen LogP contribution in [0.25, 0.3) is 11.7 Å². The third kappa shape index (κ3) is 4.35. The van der Waals surface area contributed by atoms with Crippen molar-refractivity contribution in [1.82, 2.24) is 19.6 Å². The lowest BCUT2D eigenvalue weighted by molar-refractivity contribution is -0.145. The molecular weight excluding hydrogens is 466 g/mol. The molecule has 0 radical (unpaired) electrons. The smallest absolute Gasteiger partial charge is 0.308 e. The van der Waals surface area contributed by atoms with Gasteiger partial charge in [-0.15, -0.1) is 0 Å². The molecule has 0 aliphatic carbocycles. The molecule has 4 rings (SSSR count). The monoisotopic (exact) mass is 487 g/mol. The summed E-state index contributed by atoms with van der Waals surface area (Å²) in [6.45, 7) is 2.50. The zero-order valence-corrected chi connectivity index (χ0v) is 19.6. The van der Waals surface area contributed by atoms with Gasteiger partial charge in [-0.05, 0) is 25.1 Å². The third-order valence-corrected chi connectivity index (χ3v) is 6.76. The molecule has 0 bridgehead atoms. The van der Waals surface area contributed by atoms with Crippen molar-refractivity contribution >= 4 is 63.6 Å². The summed E-state index contributed by atoms with van der Waals surface area (Å²) in [5.41, 5.74) is 0.104. The Hall–Kier alpha value is -3.25. The average Bonchev–Trinajstić information content (AvgIpc) is 3.03. The van der Waals surface area contributed by atoms with E-state index < -0.39 is 17.6 Å². The summed E-state index contributed by atoms with van der Waals surface area (Å²) in [7, 11) is 1.56. The van der Waals surface area contributed by atoms with E-state index in [1.54, 1.807) is 43.3 Å². The highest BCUT2D eigenvalue weighted by Crippen LogP contribution is 2.33. The van der Waals surface area contributed by atoms with Crippen LogP contribution in [0.15, 0.2) is 34.1 Å². The predicted molar refractivity (Wildman–Crippen MR) is 128 cm³/mol. The number of likely N-dealkylation sites (N-methyl/N-ethyl adjacent to an activating group) is 1. The summed E-state index contributed by atoms with van der Waals surface area (Å²) in [4.78, 5) is 58.8. The summed E-state index contributed by atoms with van der Waals surface area (Å²) in [5.74, 6) is -1.00. The summed E-state index contributed by atoms with van der Waals surface area (Å²) < 4.78 is 6.78. The number of hydrogen-bond acceptors (Lipinski definition) is 9. The largest absolute Gasteiger partial charge is 0.466 e. The number of carbonyl (C=O) groups excluding carboxylic acids is 3. The Kier molecular flexibility index (Phi) is 6.47. The molecule has 1 atom stereocenters. The molecule has 2 aliphatic heterocycles. The molecule has 1 unspecified atom stereocenters. The van der Waals surface area contributed by atoms with Crippen molar-refractivity contribution in [3.05, 3.63) is 45.2 Å². The number of nitrogens with one attached hydrogen (secondary N) is 1. The maximum absolute atomic E-state index is 13.5. The predicted octanol–water partition coefficient (Wildman–Crippen LogP) is 0.784. The van der Waals surface area contributed by atoms with Crippen LogP contribution in [0, 0.1) is 0 Å². The quantitative estimate of drug-likeness (QED) is 0.371. The number of ether oxygens (including phenoxy) is 1. The van der Waals surface area contributed by atoms with Gasteiger partial charge in [0.15, 0.2) is 0 Å². The van der Waals surface area contributed by atoms with E-state index in [2.05, 4.69) is 10.3 Å². The Morgan fingerprint density at radius 3 is 2.85 bits per heavy atom. The number of piperazine rings is 1. The van der Waals surface area contributed by atoms with Crippen LogP contribution in [0.2, 0.25) is 0 Å². The van der Waals surface area contributed by atoms with Crippen molar-refractivity contribution in [1.29, 1.82) is 0 Å². The van der Waals surface area contributed by atoms with Crippen molar-refractivity contribution in [2.75, 3.05) is 31.6 Å². The van der Waals surface area contributed by atoms with Gasteiger partial charge in [-0.25, -0.2) is 4.98 Å². The van der Waals surface area contributed by atoms with Crippen molar-refractivity contribution in [3.63, 3.8) is 0 Å². The molecule has 12 heteroatoms. The van der Waals surface area contributed by atoms with Crippen LogP contribution in [0.3, 0.4) is 0 Å². The number of esters is 1. The normalized spacial score (nSPS) is 20.0. The Labute approximate surface area is 198 Å². The van der Waals surface area contributed by atoms with Crippen LogP contribution in [-0.2, 0) is 19.1 Å². The van der Waals surface area contributed by atoms with Crippen molar-refractivity contribution < 1.29 is 19.1 Å². The molecule has 0 spiro atoms. The van der Waals surface area contributed by atoms with Crippen LogP contribution >= 0.6 is 24.0 Å². The number of rotatable bonds is 5. The highest BCUT2D eigenvalue weighted by Gasteiger charge is 2.36. The SMILES string of the molecule is CCOC(=O)CC1C(=O)NCCN1c1nc2ccccn2c(=O)c1/C=C1/SC(=S)N(C)C1=O. The van der Waals surface area contributed by atoms with Crippen LogP contribution in [0.5, 0.6) is 0 Å². The molecule has 2 aliphatic rings. The summed E-state index contributed by atoms with van der Waals surface area (Å²) in [6.07, 6.45) is 2.84. The van der Waals surface area contributed by atoms with E-state index in [4.69, 9.17) is 17.0 Å². The van der Waals surface area contributed by atoms with Gasteiger partial charge in [0.05, 0.1) is 23.5 Å². The van der Waals surface area contributed by atoms with Gasteiger partial charge in [0, 0.05) is 26.3 Å². The molecule has 2 saturated heterocycles. The van der Waals surface area contributed by atoms with E-state index in [0.29, 0.717) is 23.1 Å². The highest BCUT2D eigenvalue weighted by atomic mass is 32.2. The van der Waals surface area contributed by atoms with Crippen molar-refractivity contribution in [3.8, 4) is 0 Å². The van der Waals surface area contributed by atoms with Gasteiger partial charge >= 0.3 is 5.97 Å². The molecule has 33 heavy (non-hydrogen) atoms. The number of fused-ring (bicyclic) bond motifs is 1. The van der Waals surface area contributed by atoms with Crippen LogP contribution in [-0.4, -0.2) is 69.2 Å². The second-order valence-corrected chi connectivity index (χ2v) is 9.01. The molecule has 0 saturated carbocycles. The van der Waals surface area contributed by atoms with Crippen molar-refractivity contribution in [2.24, 2.45) is 0 Å². The number of pyridine rings is 1. The highest BCUT2D eigenvalue weighted by molar-refractivity contribution is 8.26. The molecule has 2 aromatic heterocycles. The van der Waals surface area contributed by atoms with E-state index in [1.165, 1.54) is 15.4 Å². The first-order valence-electron chi connectivity index (χ1n) is 10.2. The standard InChI is InChI=1S/C21H21N5O5S2/c1-3-31-16(27)11-13-18(28)22-7-9-25(13)17-12(10-14-20(30)24(2)21(32)33-14)19(29)26-8-5-4-6-15(26)23-17/h4-6,8,10,13H,3,7,9,11H2,1-2H3,(H,22,28)/b14-10+. The minimum atomic E-state index is -0.913. The van der Waals surface area contributed by atoms with E-state index in [1.807, 2.05) is 0 Å². The Morgan fingerprint density at radius 1 is 1.36 bits per heavy atom. The average molecular weight is 488 g/mol. The first kappa shape index (κ1) is 22.9. The minimum Gasteiger partial charge on any atom is -0.466 e. The maximum atomic E-state index is 13.5. The number of thiocarbonyl (C=S) groups is 1. The Balaban J connectivity index is 1.88. The third-order valence-electron chi connectivity index (χ3n) is 5.28. The molecule has 2 aromatic rings. The zero-order chi connectivity index (χ0) is 23.7. The summed E-state index contributed by atoms with van der Waals surface area (Å²) in [6, 6.07) is 4.20. The number of nitrogens with zero attached hydrogens (tertiary/aromatic N) is 4. The number of aromatic nitrogens is 2. The minimum absolute atomic E-state index is 0.135. The first-order valence-corrected chi connectivity index (χ1v) is 11.5. The molecule has 2 fully saturated rings. The van der Waals surface area contributed by atoms with Crippen LogP contribution < -0.4 is 15.8 Å². The van der Waals surface area contributed by atoms with Crippen molar-refractivity contribution in [2.45, 2.75) is 19.4 Å². The fourth-order valence-corrected chi connectivity index (χ4v) is 4.82. The van der Waals surface area contributed by atoms with Gasteiger partial charge in [0.25, 0.3) is 11.5 Å². The van der Waals surface area contributed by atoms with Gasteiger partial charge in [-0.1, -0.05) is 30.0 Å². The maximum Gasteiger partial charge on any atom is 0.308 e. The number of anilines is 1. The molecule has 0 aromatic carbocycles. The molecular formula is C21H21N5O5S2. The second kappa shape index (κ2) is 9.32. The Bertz CT molecular complexity index is 1260. The Morgan fingerprint density at radius 2 is 2.15 bits per heavy atom. The summed E-state index contributed by atoms with van der Waals surface area (Å²) in [5, 5.41) is 2.75. The number of amides is 2. The first-order chi connectivity index (χ1) is 15.8. The molecule has 2 amide bonds. The van der Waals surface area contributed by atoms with Gasteiger partial charge in [0.1, 0.15) is 21.8 Å². The van der Waals surface area contributed by atoms with Crippen LogP contribution in [0.1, 0.15) is 18.9 Å². The lowest BCUT2D eigenvalue weighted by Gasteiger charge is -2.36.